The van der Waals surface area contributed by atoms with Crippen molar-refractivity contribution < 1.29 is 9.53 Å². The fourth-order valence-electron chi connectivity index (χ4n) is 4.11. The van der Waals surface area contributed by atoms with Crippen LogP contribution >= 0.6 is 0 Å². The van der Waals surface area contributed by atoms with E-state index in [0.717, 1.165) is 49.7 Å². The number of hydrogen-bond donors (Lipinski definition) is 3. The third-order valence-electron chi connectivity index (χ3n) is 6.07. The van der Waals surface area contributed by atoms with Crippen LogP contribution in [0.2, 0.25) is 0 Å². The zero-order valence-corrected chi connectivity index (χ0v) is 20.8. The fourth-order valence-corrected chi connectivity index (χ4v) is 4.11. The van der Waals surface area contributed by atoms with Crippen molar-refractivity contribution in [3.63, 3.8) is 0 Å². The van der Waals surface area contributed by atoms with Crippen LogP contribution in [-0.2, 0) is 0 Å². The van der Waals surface area contributed by atoms with Crippen LogP contribution in [0.15, 0.2) is 60.7 Å². The number of carbonyl (C=O) groups excluding carboxylic acids is 1. The molecule has 1 aliphatic rings. The summed E-state index contributed by atoms with van der Waals surface area (Å²) in [5.41, 5.74) is 4.27. The molecule has 7 heteroatoms. The molecule has 2 aromatic rings. The van der Waals surface area contributed by atoms with Gasteiger partial charge in [-0.3, -0.25) is 4.90 Å². The third-order valence-corrected chi connectivity index (χ3v) is 6.07. The van der Waals surface area contributed by atoms with Crippen LogP contribution < -0.4 is 20.7 Å². The number of carbonyl (C=O) groups is 1. The number of piperazine rings is 1. The first-order valence-electron chi connectivity index (χ1n) is 12.0. The largest absolute Gasteiger partial charge is 0.497 e. The highest BCUT2D eigenvalue weighted by Gasteiger charge is 2.18. The molecule has 0 radical (unpaired) electrons. The molecule has 1 unspecified atom stereocenters. The minimum absolute atomic E-state index is 0.128. The normalized spacial score (nSPS) is 14.9. The molecule has 1 aliphatic heterocycles. The highest BCUT2D eigenvalue weighted by molar-refractivity contribution is 5.89. The maximum Gasteiger partial charge on any atom is 0.322 e. The number of ether oxygens (including phenoxy) is 1. The van der Waals surface area contributed by atoms with Crippen molar-refractivity contribution in [1.82, 2.24) is 20.4 Å². The Balaban J connectivity index is 1.59. The van der Waals surface area contributed by atoms with Crippen LogP contribution in [0.5, 0.6) is 5.75 Å². The summed E-state index contributed by atoms with van der Waals surface area (Å²) < 4.78 is 5.21. The van der Waals surface area contributed by atoms with Crippen LogP contribution in [0.25, 0.3) is 0 Å². The number of nitrogens with one attached hydrogen (secondary N) is 3. The maximum atomic E-state index is 13.2. The van der Waals surface area contributed by atoms with E-state index in [9.17, 15) is 4.79 Å². The first kappa shape index (κ1) is 25.7. The molecule has 1 heterocycles. The predicted molar refractivity (Wildman–Crippen MR) is 140 cm³/mol. The quantitative estimate of drug-likeness (QED) is 0.442. The van der Waals surface area contributed by atoms with E-state index in [-0.39, 0.29) is 12.1 Å². The molecule has 0 spiro atoms. The Labute approximate surface area is 204 Å². The van der Waals surface area contributed by atoms with Gasteiger partial charge in [0.15, 0.2) is 0 Å². The van der Waals surface area contributed by atoms with Crippen molar-refractivity contribution in [1.29, 1.82) is 0 Å². The number of aryl methyl sites for hydroxylation is 1. The molecule has 0 saturated carbocycles. The van der Waals surface area contributed by atoms with E-state index in [0.29, 0.717) is 19.6 Å². The number of methoxy groups -OCH3 is 1. The van der Waals surface area contributed by atoms with Gasteiger partial charge < -0.3 is 25.6 Å². The molecule has 1 atom stereocenters. The summed E-state index contributed by atoms with van der Waals surface area (Å²) in [7, 11) is 1.63. The lowest BCUT2D eigenvalue weighted by atomic mass is 10.1. The standard InChI is InChI=1S/C27H39N5O2/c1-21-6-5-7-24(18-21)23(3)29-14-17-32(20-22(2)19-31-15-12-28-13-16-31)27(33)30-25-8-10-26(34-4)11-9-25/h5-11,18,23,28-29H,2,12-17,19-20H2,1,3-4H3,(H,30,33). The summed E-state index contributed by atoms with van der Waals surface area (Å²) in [5.74, 6) is 0.758. The van der Waals surface area contributed by atoms with Gasteiger partial charge in [-0.05, 0) is 49.2 Å². The topological polar surface area (TPSA) is 68.9 Å². The number of hydrogen-bond acceptors (Lipinski definition) is 5. The van der Waals surface area contributed by atoms with Gasteiger partial charge in [0.2, 0.25) is 0 Å². The number of anilines is 1. The number of benzene rings is 2. The molecule has 3 N–H and O–H groups in total. The van der Waals surface area contributed by atoms with Crippen molar-refractivity contribution in [2.45, 2.75) is 19.9 Å². The van der Waals surface area contributed by atoms with Gasteiger partial charge in [0, 0.05) is 64.1 Å². The van der Waals surface area contributed by atoms with E-state index in [4.69, 9.17) is 4.74 Å². The summed E-state index contributed by atoms with van der Waals surface area (Å²) in [5, 5.41) is 9.95. The smallest absolute Gasteiger partial charge is 0.322 e. The van der Waals surface area contributed by atoms with Gasteiger partial charge >= 0.3 is 6.03 Å². The molecular weight excluding hydrogens is 426 g/mol. The van der Waals surface area contributed by atoms with E-state index in [1.807, 2.05) is 29.2 Å². The van der Waals surface area contributed by atoms with Gasteiger partial charge in [0.05, 0.1) is 7.11 Å². The van der Waals surface area contributed by atoms with E-state index >= 15 is 0 Å². The van der Waals surface area contributed by atoms with Crippen molar-refractivity contribution in [3.8, 4) is 5.75 Å². The minimum atomic E-state index is -0.128. The summed E-state index contributed by atoms with van der Waals surface area (Å²) in [4.78, 5) is 17.4. The third kappa shape index (κ3) is 8.17. The van der Waals surface area contributed by atoms with Crippen molar-refractivity contribution in [2.75, 3.05) is 64.8 Å². The Morgan fingerprint density at radius 1 is 1.21 bits per heavy atom. The average molecular weight is 466 g/mol. The van der Waals surface area contributed by atoms with Gasteiger partial charge in [-0.1, -0.05) is 36.4 Å². The van der Waals surface area contributed by atoms with Gasteiger partial charge in [-0.25, -0.2) is 4.79 Å². The minimum Gasteiger partial charge on any atom is -0.497 e. The Morgan fingerprint density at radius 3 is 2.62 bits per heavy atom. The van der Waals surface area contributed by atoms with Gasteiger partial charge in [0.25, 0.3) is 0 Å². The van der Waals surface area contributed by atoms with Crippen molar-refractivity contribution in [2.24, 2.45) is 0 Å². The predicted octanol–water partition coefficient (Wildman–Crippen LogP) is 3.65. The van der Waals surface area contributed by atoms with Crippen molar-refractivity contribution in [3.05, 3.63) is 71.8 Å². The maximum absolute atomic E-state index is 13.2. The van der Waals surface area contributed by atoms with Crippen LogP contribution in [0.3, 0.4) is 0 Å². The Kier molecular flexibility index (Phi) is 9.94. The van der Waals surface area contributed by atoms with Crippen molar-refractivity contribution >= 4 is 11.7 Å². The molecule has 7 nitrogen and oxygen atoms in total. The number of urea groups is 1. The zero-order chi connectivity index (χ0) is 24.3. The van der Waals surface area contributed by atoms with E-state index in [2.05, 4.69) is 65.5 Å². The second-order valence-corrected chi connectivity index (χ2v) is 8.95. The second kappa shape index (κ2) is 13.1. The van der Waals surface area contributed by atoms with Crippen LogP contribution in [0, 0.1) is 6.92 Å². The Morgan fingerprint density at radius 2 is 1.94 bits per heavy atom. The highest BCUT2D eigenvalue weighted by Crippen LogP contribution is 2.16. The van der Waals surface area contributed by atoms with E-state index < -0.39 is 0 Å². The molecule has 0 aliphatic carbocycles. The lowest BCUT2D eigenvalue weighted by Crippen LogP contribution is -2.46. The van der Waals surface area contributed by atoms with Gasteiger partial charge in [-0.15, -0.1) is 0 Å². The first-order valence-corrected chi connectivity index (χ1v) is 12.0. The highest BCUT2D eigenvalue weighted by atomic mass is 16.5. The summed E-state index contributed by atoms with van der Waals surface area (Å²) >= 11 is 0. The molecule has 34 heavy (non-hydrogen) atoms. The van der Waals surface area contributed by atoms with Gasteiger partial charge in [-0.2, -0.15) is 0 Å². The Hall–Kier alpha value is -2.87. The molecule has 1 fully saturated rings. The van der Waals surface area contributed by atoms with Crippen LogP contribution in [0.1, 0.15) is 24.1 Å². The SMILES string of the molecule is C=C(CN1CCNCC1)CN(CCNC(C)c1cccc(C)c1)C(=O)Nc1ccc(OC)cc1. The second-order valence-electron chi connectivity index (χ2n) is 8.95. The molecule has 2 amide bonds. The molecule has 3 rings (SSSR count). The molecule has 184 valence electrons. The average Bonchev–Trinajstić information content (AvgIpc) is 2.84. The lowest BCUT2D eigenvalue weighted by Gasteiger charge is -2.30. The number of rotatable bonds is 11. The summed E-state index contributed by atoms with van der Waals surface area (Å²) in [6.07, 6.45) is 0. The van der Waals surface area contributed by atoms with Crippen LogP contribution in [-0.4, -0.2) is 75.3 Å². The monoisotopic (exact) mass is 465 g/mol. The number of amides is 2. The zero-order valence-electron chi connectivity index (χ0n) is 20.8. The van der Waals surface area contributed by atoms with E-state index in [1.54, 1.807) is 7.11 Å². The molecule has 0 bridgehead atoms. The molecule has 0 aromatic heterocycles. The Bertz CT molecular complexity index is 925. The summed E-state index contributed by atoms with van der Waals surface area (Å²) in [6, 6.07) is 16.0. The first-order chi connectivity index (χ1) is 16.4. The molecule has 1 saturated heterocycles. The van der Waals surface area contributed by atoms with Gasteiger partial charge in [0.1, 0.15) is 5.75 Å². The molecular formula is C27H39N5O2. The van der Waals surface area contributed by atoms with Crippen LogP contribution in [0.4, 0.5) is 10.5 Å². The van der Waals surface area contributed by atoms with E-state index in [1.165, 1.54) is 11.1 Å². The summed E-state index contributed by atoms with van der Waals surface area (Å²) in [6.45, 7) is 15.1. The lowest BCUT2D eigenvalue weighted by molar-refractivity contribution is 0.211. The fraction of sp³-hybridized carbons (Fsp3) is 0.444. The number of nitrogens with zero attached hydrogens (tertiary/aromatic N) is 2. The molecule has 2 aromatic carbocycles.